The highest BCUT2D eigenvalue weighted by Gasteiger charge is 2.31. The number of benzene rings is 1. The molecular weight excluding hydrogens is 410 g/mol. The molecule has 2 aliphatic heterocycles. The Hall–Kier alpha value is -3.50. The first-order valence-corrected chi connectivity index (χ1v) is 10.5. The average molecular weight is 438 g/mol. The van der Waals surface area contributed by atoms with Gasteiger partial charge in [-0.25, -0.2) is 14.7 Å². The molecule has 10 nitrogen and oxygen atoms in total. The van der Waals surface area contributed by atoms with Gasteiger partial charge in [0.15, 0.2) is 5.82 Å². The maximum Gasteiger partial charge on any atom is 0.330 e. The SMILES string of the molecule is C=CC(=O)Nc1cccc(N2C(=O)N(C)Cc3cnc(NCCN4CCOCC4)nc32)c1. The van der Waals surface area contributed by atoms with E-state index in [9.17, 15) is 9.59 Å². The molecule has 0 unspecified atom stereocenters. The van der Waals surface area contributed by atoms with E-state index in [0.29, 0.717) is 36.2 Å². The summed E-state index contributed by atoms with van der Waals surface area (Å²) in [6.07, 6.45) is 2.95. The van der Waals surface area contributed by atoms with E-state index < -0.39 is 0 Å². The van der Waals surface area contributed by atoms with E-state index in [-0.39, 0.29) is 11.9 Å². The number of morpholine rings is 1. The molecule has 3 heterocycles. The van der Waals surface area contributed by atoms with E-state index in [2.05, 4.69) is 32.1 Å². The van der Waals surface area contributed by atoms with Crippen molar-refractivity contribution in [2.45, 2.75) is 6.54 Å². The lowest BCUT2D eigenvalue weighted by Crippen LogP contribution is -2.43. The number of anilines is 4. The van der Waals surface area contributed by atoms with E-state index in [1.54, 1.807) is 42.4 Å². The highest BCUT2D eigenvalue weighted by atomic mass is 16.5. The Morgan fingerprint density at radius 3 is 2.91 bits per heavy atom. The lowest BCUT2D eigenvalue weighted by atomic mass is 10.2. The molecule has 2 N–H and O–H groups in total. The van der Waals surface area contributed by atoms with Crippen LogP contribution in [0.15, 0.2) is 43.1 Å². The second-order valence-corrected chi connectivity index (χ2v) is 7.64. The first-order chi connectivity index (χ1) is 15.5. The predicted molar refractivity (Wildman–Crippen MR) is 122 cm³/mol. The van der Waals surface area contributed by atoms with Gasteiger partial charge in [-0.1, -0.05) is 12.6 Å². The van der Waals surface area contributed by atoms with Crippen molar-refractivity contribution in [3.05, 3.63) is 48.7 Å². The third-order valence-corrected chi connectivity index (χ3v) is 5.35. The van der Waals surface area contributed by atoms with Crippen LogP contribution < -0.4 is 15.5 Å². The van der Waals surface area contributed by atoms with Gasteiger partial charge in [-0.2, -0.15) is 4.98 Å². The van der Waals surface area contributed by atoms with Crippen molar-refractivity contribution in [3.8, 4) is 0 Å². The molecule has 0 saturated carbocycles. The number of nitrogens with one attached hydrogen (secondary N) is 2. The van der Waals surface area contributed by atoms with E-state index in [1.807, 2.05) is 0 Å². The van der Waals surface area contributed by atoms with Crippen LogP contribution in [0, 0.1) is 0 Å². The number of carbonyl (C=O) groups excluding carboxylic acids is 2. The largest absolute Gasteiger partial charge is 0.379 e. The zero-order chi connectivity index (χ0) is 22.5. The van der Waals surface area contributed by atoms with Crippen LogP contribution in [0.2, 0.25) is 0 Å². The summed E-state index contributed by atoms with van der Waals surface area (Å²) < 4.78 is 5.38. The van der Waals surface area contributed by atoms with Gasteiger partial charge in [0.05, 0.1) is 25.4 Å². The maximum atomic E-state index is 13.1. The molecule has 1 fully saturated rings. The Kier molecular flexibility index (Phi) is 6.62. The zero-order valence-electron chi connectivity index (χ0n) is 18.1. The Bertz CT molecular complexity index is 1010. The Morgan fingerprint density at radius 1 is 1.31 bits per heavy atom. The summed E-state index contributed by atoms with van der Waals surface area (Å²) in [4.78, 5) is 39.3. The third kappa shape index (κ3) is 4.87. The molecule has 2 aromatic rings. The van der Waals surface area contributed by atoms with E-state index in [0.717, 1.165) is 38.4 Å². The topological polar surface area (TPSA) is 103 Å². The van der Waals surface area contributed by atoms with Crippen molar-refractivity contribution in [2.75, 3.05) is 62.0 Å². The molecule has 32 heavy (non-hydrogen) atoms. The van der Waals surface area contributed by atoms with Crippen molar-refractivity contribution in [1.82, 2.24) is 19.8 Å². The number of amides is 3. The van der Waals surface area contributed by atoms with Gasteiger partial charge >= 0.3 is 6.03 Å². The van der Waals surface area contributed by atoms with E-state index >= 15 is 0 Å². The number of hydrogen-bond acceptors (Lipinski definition) is 7. The minimum absolute atomic E-state index is 0.206. The second-order valence-electron chi connectivity index (χ2n) is 7.64. The number of hydrogen-bond donors (Lipinski definition) is 2. The third-order valence-electron chi connectivity index (χ3n) is 5.35. The minimum atomic E-state index is -0.321. The van der Waals surface area contributed by atoms with Gasteiger partial charge in [0, 0.05) is 50.7 Å². The summed E-state index contributed by atoms with van der Waals surface area (Å²) in [6.45, 7) is 8.79. The van der Waals surface area contributed by atoms with Crippen LogP contribution in [0.5, 0.6) is 0 Å². The van der Waals surface area contributed by atoms with Crippen LogP contribution in [0.4, 0.5) is 27.9 Å². The Morgan fingerprint density at radius 2 is 2.12 bits per heavy atom. The van der Waals surface area contributed by atoms with Crippen molar-refractivity contribution in [1.29, 1.82) is 0 Å². The number of fused-ring (bicyclic) bond motifs is 1. The molecule has 0 bridgehead atoms. The molecule has 0 aliphatic carbocycles. The highest BCUT2D eigenvalue weighted by molar-refractivity contribution is 6.02. The van der Waals surface area contributed by atoms with Gasteiger partial charge in [-0.15, -0.1) is 0 Å². The molecule has 4 rings (SSSR count). The van der Waals surface area contributed by atoms with Gasteiger partial charge in [0.1, 0.15) is 0 Å². The fourth-order valence-electron chi connectivity index (χ4n) is 3.67. The summed E-state index contributed by atoms with van der Waals surface area (Å²) in [5, 5.41) is 5.99. The van der Waals surface area contributed by atoms with Crippen LogP contribution in [0.3, 0.4) is 0 Å². The quantitative estimate of drug-likeness (QED) is 0.639. The van der Waals surface area contributed by atoms with Crippen LogP contribution in [0.1, 0.15) is 5.56 Å². The fraction of sp³-hybridized carbons (Fsp3) is 0.364. The molecule has 168 valence electrons. The number of ether oxygens (including phenoxy) is 1. The summed E-state index contributed by atoms with van der Waals surface area (Å²) in [5.74, 6) is 0.679. The van der Waals surface area contributed by atoms with Gasteiger partial charge in [-0.05, 0) is 24.3 Å². The molecule has 10 heteroatoms. The molecule has 0 radical (unpaired) electrons. The van der Waals surface area contributed by atoms with Gasteiger partial charge < -0.3 is 20.3 Å². The number of urea groups is 1. The first kappa shape index (κ1) is 21.7. The van der Waals surface area contributed by atoms with Crippen LogP contribution in [-0.4, -0.2) is 78.1 Å². The van der Waals surface area contributed by atoms with E-state index in [4.69, 9.17) is 4.74 Å². The van der Waals surface area contributed by atoms with Crippen molar-refractivity contribution in [2.24, 2.45) is 0 Å². The predicted octanol–water partition coefficient (Wildman–Crippen LogP) is 2.05. The van der Waals surface area contributed by atoms with Crippen molar-refractivity contribution in [3.63, 3.8) is 0 Å². The summed E-state index contributed by atoms with van der Waals surface area (Å²) >= 11 is 0. The minimum Gasteiger partial charge on any atom is -0.379 e. The standard InChI is InChI=1S/C22H27N7O3/c1-3-19(30)25-17-5-4-6-18(13-17)29-20-16(15-27(2)22(29)31)14-24-21(26-20)23-7-8-28-9-11-32-12-10-28/h3-6,13-14H,1,7-12,15H2,2H3,(H,25,30)(H,23,24,26). The zero-order valence-corrected chi connectivity index (χ0v) is 18.1. The smallest absolute Gasteiger partial charge is 0.330 e. The molecule has 3 amide bonds. The number of nitrogens with zero attached hydrogens (tertiary/aromatic N) is 5. The highest BCUT2D eigenvalue weighted by Crippen LogP contribution is 2.34. The molecule has 0 spiro atoms. The number of carbonyl (C=O) groups is 2. The lowest BCUT2D eigenvalue weighted by molar-refractivity contribution is -0.111. The molecule has 1 aromatic heterocycles. The normalized spacial score (nSPS) is 16.5. The summed E-state index contributed by atoms with van der Waals surface area (Å²) in [6, 6.07) is 6.86. The molecule has 1 aromatic carbocycles. The second kappa shape index (κ2) is 9.75. The summed E-state index contributed by atoms with van der Waals surface area (Å²) in [7, 11) is 1.73. The molecule has 2 aliphatic rings. The monoisotopic (exact) mass is 437 g/mol. The molecule has 1 saturated heterocycles. The van der Waals surface area contributed by atoms with Crippen LogP contribution in [-0.2, 0) is 16.1 Å². The Balaban J connectivity index is 1.55. The number of rotatable bonds is 7. The lowest BCUT2D eigenvalue weighted by Gasteiger charge is -2.34. The van der Waals surface area contributed by atoms with Crippen LogP contribution in [0.25, 0.3) is 0 Å². The van der Waals surface area contributed by atoms with Gasteiger partial charge in [-0.3, -0.25) is 9.69 Å². The average Bonchev–Trinajstić information content (AvgIpc) is 2.81. The Labute approximate surface area is 186 Å². The van der Waals surface area contributed by atoms with Gasteiger partial charge in [0.25, 0.3) is 0 Å². The fourth-order valence-corrected chi connectivity index (χ4v) is 3.67. The maximum absolute atomic E-state index is 13.1. The van der Waals surface area contributed by atoms with Crippen molar-refractivity contribution < 1.29 is 14.3 Å². The number of aromatic nitrogens is 2. The van der Waals surface area contributed by atoms with E-state index in [1.165, 1.54) is 11.0 Å². The van der Waals surface area contributed by atoms with Crippen LogP contribution >= 0.6 is 0 Å². The van der Waals surface area contributed by atoms with Gasteiger partial charge in [0.2, 0.25) is 11.9 Å². The molecule has 0 atom stereocenters. The first-order valence-electron chi connectivity index (χ1n) is 10.5. The molecular formula is C22H27N7O3. The summed E-state index contributed by atoms with van der Waals surface area (Å²) in [5.41, 5.74) is 2.00. The van der Waals surface area contributed by atoms with Crippen molar-refractivity contribution >= 4 is 35.1 Å².